The van der Waals surface area contributed by atoms with Crippen molar-refractivity contribution >= 4 is 22.7 Å². The van der Waals surface area contributed by atoms with Gasteiger partial charge in [0.15, 0.2) is 11.6 Å². The molecule has 0 spiro atoms. The zero-order valence-electron chi connectivity index (χ0n) is 22.9. The number of fused-ring (bicyclic) bond motifs is 1. The van der Waals surface area contributed by atoms with Gasteiger partial charge in [0.2, 0.25) is 11.4 Å². The Morgan fingerprint density at radius 2 is 1.77 bits per heavy atom. The largest absolute Gasteiger partial charge is 0.361 e. The molecule has 0 radical (unpaired) electrons. The van der Waals surface area contributed by atoms with Gasteiger partial charge in [-0.15, -0.1) is 4.98 Å². The van der Waals surface area contributed by atoms with Gasteiger partial charge in [-0.1, -0.05) is 44.6 Å². The molecule has 1 saturated heterocycles. The van der Waals surface area contributed by atoms with Gasteiger partial charge in [0.05, 0.1) is 5.52 Å². The lowest BCUT2D eigenvalue weighted by Crippen LogP contribution is -2.58. The van der Waals surface area contributed by atoms with E-state index < -0.39 is 6.04 Å². The van der Waals surface area contributed by atoms with Crippen molar-refractivity contribution < 1.29 is 8.91 Å². The first-order valence-electron chi connectivity index (χ1n) is 12.8. The lowest BCUT2D eigenvalue weighted by molar-refractivity contribution is 0.109. The molecule has 0 aliphatic carbocycles. The van der Waals surface area contributed by atoms with Crippen LogP contribution >= 0.6 is 0 Å². The quantitative estimate of drug-likeness (QED) is 0.359. The van der Waals surface area contributed by atoms with Gasteiger partial charge < -0.3 is 14.3 Å². The summed E-state index contributed by atoms with van der Waals surface area (Å²) in [5, 5.41) is 4.24. The molecule has 39 heavy (non-hydrogen) atoms. The fraction of sp³-hybridized carbons (Fsp3) is 0.429. The number of hydrogen-bond donors (Lipinski definition) is 0. The fourth-order valence-electron chi connectivity index (χ4n) is 5.04. The van der Waals surface area contributed by atoms with Crippen molar-refractivity contribution in [2.24, 2.45) is 7.05 Å². The van der Waals surface area contributed by atoms with Gasteiger partial charge in [0.1, 0.15) is 11.9 Å². The Bertz CT molecular complexity index is 1620. The first-order valence-corrected chi connectivity index (χ1v) is 12.8. The van der Waals surface area contributed by atoms with E-state index in [1.807, 2.05) is 20.8 Å². The van der Waals surface area contributed by atoms with Gasteiger partial charge in [-0.2, -0.15) is 9.97 Å². The maximum Gasteiger partial charge on any atom is 0.350 e. The molecule has 0 amide bonds. The average Bonchev–Trinajstić information content (AvgIpc) is 3.40. The Morgan fingerprint density at radius 1 is 1.05 bits per heavy atom. The highest BCUT2D eigenvalue weighted by atomic mass is 19.1. The van der Waals surface area contributed by atoms with E-state index in [1.54, 1.807) is 31.3 Å². The lowest BCUT2D eigenvalue weighted by atomic mass is 9.96. The second-order valence-corrected chi connectivity index (χ2v) is 11.1. The van der Waals surface area contributed by atoms with Gasteiger partial charge in [0, 0.05) is 37.6 Å². The minimum atomic E-state index is -0.394. The first-order chi connectivity index (χ1) is 18.5. The van der Waals surface area contributed by atoms with Gasteiger partial charge in [0.25, 0.3) is 5.82 Å². The van der Waals surface area contributed by atoms with Crippen molar-refractivity contribution in [2.45, 2.75) is 58.2 Å². The van der Waals surface area contributed by atoms with Crippen molar-refractivity contribution in [2.75, 3.05) is 18.0 Å². The summed E-state index contributed by atoms with van der Waals surface area (Å²) in [6.07, 6.45) is 0. The number of nitrogens with zero attached hydrogens (tertiary/aromatic N) is 8. The van der Waals surface area contributed by atoms with Crippen molar-refractivity contribution in [1.29, 1.82) is 0 Å². The van der Waals surface area contributed by atoms with Crippen LogP contribution in [0.3, 0.4) is 0 Å². The second kappa shape index (κ2) is 9.85. The molecule has 1 unspecified atom stereocenters. The number of hydrogen-bond acceptors (Lipinski definition) is 8. The molecule has 3 atom stereocenters. The van der Waals surface area contributed by atoms with Crippen LogP contribution in [0.2, 0.25) is 0 Å². The van der Waals surface area contributed by atoms with Gasteiger partial charge in [-0.3, -0.25) is 9.47 Å². The summed E-state index contributed by atoms with van der Waals surface area (Å²) in [5.41, 5.74) is 1.29. The third kappa shape index (κ3) is 4.88. The number of pyridine rings is 1. The van der Waals surface area contributed by atoms with Crippen molar-refractivity contribution in [3.63, 3.8) is 0 Å². The van der Waals surface area contributed by atoms with Crippen LogP contribution < -0.4 is 10.6 Å². The van der Waals surface area contributed by atoms with E-state index >= 15 is 0 Å². The van der Waals surface area contributed by atoms with E-state index in [2.05, 4.69) is 43.6 Å². The Balaban J connectivity index is 1.55. The summed E-state index contributed by atoms with van der Waals surface area (Å²) in [6.45, 7) is 18.7. The van der Waals surface area contributed by atoms with Crippen molar-refractivity contribution in [3.8, 4) is 0 Å². The number of piperazine rings is 1. The molecule has 1 fully saturated rings. The Hall–Kier alpha value is -4.17. The van der Waals surface area contributed by atoms with E-state index in [0.29, 0.717) is 41.7 Å². The molecule has 1 aromatic carbocycles. The first kappa shape index (κ1) is 26.4. The van der Waals surface area contributed by atoms with Gasteiger partial charge in [-0.25, -0.2) is 9.18 Å². The number of rotatable bonds is 4. The molecule has 202 valence electrons. The molecular weight excluding hydrogens is 499 g/mol. The molecule has 3 aromatic heterocycles. The van der Waals surface area contributed by atoms with E-state index in [-0.39, 0.29) is 34.8 Å². The monoisotopic (exact) mass is 530 g/mol. The van der Waals surface area contributed by atoms with Crippen LogP contribution in [0.1, 0.15) is 57.9 Å². The molecule has 0 N–H and O–H groups in total. The predicted molar refractivity (Wildman–Crippen MR) is 145 cm³/mol. The zero-order valence-corrected chi connectivity index (χ0v) is 22.9. The molecule has 0 saturated carbocycles. The van der Waals surface area contributed by atoms with Gasteiger partial charge >= 0.3 is 5.69 Å². The van der Waals surface area contributed by atoms with Crippen LogP contribution in [0.4, 0.5) is 16.0 Å². The number of aryl methyl sites for hydroxylation is 1. The maximum absolute atomic E-state index is 13.8. The van der Waals surface area contributed by atoms with E-state index in [1.165, 1.54) is 16.7 Å². The summed E-state index contributed by atoms with van der Waals surface area (Å²) in [6, 6.07) is 9.17. The molecule has 0 bridgehead atoms. The summed E-state index contributed by atoms with van der Waals surface area (Å²) in [7, 11) is 1.65. The van der Waals surface area contributed by atoms with E-state index in [4.69, 9.17) is 16.1 Å². The summed E-state index contributed by atoms with van der Waals surface area (Å²) < 4.78 is 21.1. The summed E-state index contributed by atoms with van der Waals surface area (Å²) in [5.74, 6) is 1.43. The molecule has 1 aliphatic heterocycles. The fourth-order valence-corrected chi connectivity index (χ4v) is 5.04. The van der Waals surface area contributed by atoms with Crippen LogP contribution in [0.5, 0.6) is 0 Å². The van der Waals surface area contributed by atoms with Crippen LogP contribution in [-0.2, 0) is 12.5 Å². The molecule has 1 aliphatic rings. The zero-order chi connectivity index (χ0) is 28.1. The molecule has 5 rings (SSSR count). The second-order valence-electron chi connectivity index (χ2n) is 11.1. The number of benzene rings is 1. The summed E-state index contributed by atoms with van der Waals surface area (Å²) in [4.78, 5) is 34.2. The standard InChI is InChI=1S/C28H31FN8O2/c1-16-15-37(24-22-20(35(7)27(38)32-24)12-13-21(30-6)31-22)17(2)14-36(16)23(18-8-10-19(29)11-9-18)25-33-26(34-39-25)28(3,4)5/h8-13,16-17,23H,14-15H2,1-5,7H3/t16-,17+,23?/m1/s1. The highest BCUT2D eigenvalue weighted by Gasteiger charge is 2.39. The number of halogens is 1. The SMILES string of the molecule is [C-]#[N+]c1ccc2c(n1)c(N1C[C@@H](C)N(C(c3ccc(F)cc3)c3nc(C(C)(C)C)no3)C[C@@H]1C)nc(=O)n2C. The third-order valence-corrected chi connectivity index (χ3v) is 7.21. The van der Waals surface area contributed by atoms with Crippen molar-refractivity contribution in [1.82, 2.24) is 29.6 Å². The smallest absolute Gasteiger partial charge is 0.350 e. The highest BCUT2D eigenvalue weighted by molar-refractivity contribution is 5.87. The Labute approximate surface area is 225 Å². The molecular formula is C28H31FN8O2. The number of aromatic nitrogens is 5. The molecule has 4 aromatic rings. The average molecular weight is 531 g/mol. The topological polar surface area (TPSA) is 97.5 Å². The highest BCUT2D eigenvalue weighted by Crippen LogP contribution is 2.36. The van der Waals surface area contributed by atoms with E-state index in [0.717, 1.165) is 5.56 Å². The van der Waals surface area contributed by atoms with Crippen LogP contribution in [0.15, 0.2) is 45.7 Å². The summed E-state index contributed by atoms with van der Waals surface area (Å²) >= 11 is 0. The minimum Gasteiger partial charge on any atom is -0.361 e. The van der Waals surface area contributed by atoms with Gasteiger partial charge in [-0.05, 0) is 43.7 Å². The molecule has 11 heteroatoms. The maximum atomic E-state index is 13.8. The lowest BCUT2D eigenvalue weighted by Gasteiger charge is -2.46. The van der Waals surface area contributed by atoms with E-state index in [9.17, 15) is 9.18 Å². The third-order valence-electron chi connectivity index (χ3n) is 7.21. The van der Waals surface area contributed by atoms with Crippen LogP contribution in [0.25, 0.3) is 15.9 Å². The normalized spacial score (nSPS) is 19.3. The van der Waals surface area contributed by atoms with Crippen LogP contribution in [0, 0.1) is 12.4 Å². The predicted octanol–water partition coefficient (Wildman–Crippen LogP) is 4.39. The Morgan fingerprint density at radius 3 is 2.41 bits per heavy atom. The number of anilines is 1. The molecule has 10 nitrogen and oxygen atoms in total. The van der Waals surface area contributed by atoms with Crippen molar-refractivity contribution in [3.05, 3.63) is 81.4 Å². The van der Waals surface area contributed by atoms with Crippen LogP contribution in [-0.4, -0.2) is 54.7 Å². The Kier molecular flexibility index (Phi) is 6.68. The minimum absolute atomic E-state index is 0.0498. The molecule has 4 heterocycles.